The summed E-state index contributed by atoms with van der Waals surface area (Å²) in [6, 6.07) is 0. The Labute approximate surface area is 61.8 Å². The minimum Gasteiger partial charge on any atom is -0.307 e. The fraction of sp³-hybridized carbons (Fsp3) is 0.714. The van der Waals surface area contributed by atoms with Crippen molar-refractivity contribution in [3.63, 3.8) is 0 Å². The summed E-state index contributed by atoms with van der Waals surface area (Å²) in [5.74, 6) is 0.708. The van der Waals surface area contributed by atoms with Crippen molar-refractivity contribution in [2.75, 3.05) is 0 Å². The van der Waals surface area contributed by atoms with Crippen LogP contribution in [0.15, 0.2) is 11.4 Å². The molecule has 0 saturated carbocycles. The maximum atomic E-state index is 3.06. The highest BCUT2D eigenvalue weighted by atomic mass is 15.6. The average Bonchev–Trinajstić information content (AvgIpc) is 2.15. The molecule has 0 bridgehead atoms. The van der Waals surface area contributed by atoms with E-state index in [0.717, 1.165) is 6.42 Å². The van der Waals surface area contributed by atoms with Crippen molar-refractivity contribution in [1.29, 1.82) is 0 Å². The standard InChI is InChI=1S/C7H15N3/c1-5(2)4-7-6(3)8-10-9-7/h5,8-10H,4H2,1-3H3. The number of hydrogen-bond donors (Lipinski definition) is 3. The van der Waals surface area contributed by atoms with Gasteiger partial charge in [0.1, 0.15) is 0 Å². The summed E-state index contributed by atoms with van der Waals surface area (Å²) in [7, 11) is 0. The van der Waals surface area contributed by atoms with E-state index in [4.69, 9.17) is 0 Å². The van der Waals surface area contributed by atoms with Crippen LogP contribution in [0.25, 0.3) is 0 Å². The zero-order valence-electron chi connectivity index (χ0n) is 6.78. The maximum Gasteiger partial charge on any atom is 0.0482 e. The molecule has 0 radical (unpaired) electrons. The van der Waals surface area contributed by atoms with Crippen LogP contribution >= 0.6 is 0 Å². The molecule has 0 aromatic heterocycles. The molecule has 0 aromatic carbocycles. The number of hydrogen-bond acceptors (Lipinski definition) is 3. The van der Waals surface area contributed by atoms with E-state index in [9.17, 15) is 0 Å². The molecule has 0 amide bonds. The van der Waals surface area contributed by atoms with Gasteiger partial charge in [0.2, 0.25) is 0 Å². The van der Waals surface area contributed by atoms with Gasteiger partial charge in [-0.25, -0.2) is 0 Å². The molecule has 1 aliphatic rings. The molecule has 1 rings (SSSR count). The first kappa shape index (κ1) is 7.41. The van der Waals surface area contributed by atoms with E-state index in [1.54, 1.807) is 0 Å². The highest BCUT2D eigenvalue weighted by Gasteiger charge is 2.09. The van der Waals surface area contributed by atoms with Gasteiger partial charge in [-0.1, -0.05) is 13.8 Å². The maximum absolute atomic E-state index is 3.06. The van der Waals surface area contributed by atoms with E-state index in [-0.39, 0.29) is 0 Å². The summed E-state index contributed by atoms with van der Waals surface area (Å²) in [6.07, 6.45) is 1.10. The number of nitrogens with one attached hydrogen (secondary N) is 3. The van der Waals surface area contributed by atoms with Gasteiger partial charge in [0.15, 0.2) is 0 Å². The summed E-state index contributed by atoms with van der Waals surface area (Å²) in [5.41, 5.74) is 11.4. The Morgan fingerprint density at radius 2 is 2.00 bits per heavy atom. The van der Waals surface area contributed by atoms with Crippen molar-refractivity contribution in [3.8, 4) is 0 Å². The lowest BCUT2D eigenvalue weighted by Crippen LogP contribution is -2.32. The molecule has 3 N–H and O–H groups in total. The fourth-order valence-corrected chi connectivity index (χ4v) is 0.982. The van der Waals surface area contributed by atoms with Crippen molar-refractivity contribution in [3.05, 3.63) is 11.4 Å². The van der Waals surface area contributed by atoms with Crippen molar-refractivity contribution < 1.29 is 0 Å². The number of rotatable bonds is 2. The second-order valence-electron chi connectivity index (χ2n) is 3.08. The van der Waals surface area contributed by atoms with Crippen LogP contribution in [0.1, 0.15) is 27.2 Å². The molecule has 0 aromatic rings. The lowest BCUT2D eigenvalue weighted by molar-refractivity contribution is 0.553. The van der Waals surface area contributed by atoms with Crippen LogP contribution in [0.3, 0.4) is 0 Å². The molecular weight excluding hydrogens is 126 g/mol. The lowest BCUT2D eigenvalue weighted by Gasteiger charge is -2.05. The first-order chi connectivity index (χ1) is 4.70. The van der Waals surface area contributed by atoms with E-state index in [2.05, 4.69) is 37.2 Å². The molecule has 3 heteroatoms. The molecule has 3 nitrogen and oxygen atoms in total. The van der Waals surface area contributed by atoms with Gasteiger partial charge >= 0.3 is 0 Å². The molecule has 0 unspecified atom stereocenters. The van der Waals surface area contributed by atoms with Gasteiger partial charge in [0.25, 0.3) is 0 Å². The molecule has 1 aliphatic heterocycles. The van der Waals surface area contributed by atoms with Gasteiger partial charge in [-0.15, -0.1) is 0 Å². The van der Waals surface area contributed by atoms with Crippen LogP contribution in [-0.4, -0.2) is 0 Å². The highest BCUT2D eigenvalue weighted by molar-refractivity contribution is 5.10. The van der Waals surface area contributed by atoms with Crippen molar-refractivity contribution in [2.45, 2.75) is 27.2 Å². The van der Waals surface area contributed by atoms with Gasteiger partial charge in [-0.3, -0.25) is 0 Å². The Bertz CT molecular complexity index is 149. The Balaban J connectivity index is 2.46. The van der Waals surface area contributed by atoms with Crippen LogP contribution in [-0.2, 0) is 0 Å². The number of allylic oxidation sites excluding steroid dienone is 2. The third kappa shape index (κ3) is 1.64. The zero-order valence-corrected chi connectivity index (χ0v) is 6.78. The smallest absolute Gasteiger partial charge is 0.0482 e. The van der Waals surface area contributed by atoms with E-state index in [1.807, 2.05) is 0 Å². The first-order valence-electron chi connectivity index (χ1n) is 3.67. The van der Waals surface area contributed by atoms with Gasteiger partial charge in [0.05, 0.1) is 0 Å². The minimum atomic E-state index is 0.708. The van der Waals surface area contributed by atoms with Crippen molar-refractivity contribution >= 4 is 0 Å². The van der Waals surface area contributed by atoms with Gasteiger partial charge in [-0.05, 0) is 19.3 Å². The monoisotopic (exact) mass is 141 g/mol. The number of hydrazine groups is 2. The molecule has 10 heavy (non-hydrogen) atoms. The fourth-order valence-electron chi connectivity index (χ4n) is 0.982. The summed E-state index contributed by atoms with van der Waals surface area (Å²) in [6.45, 7) is 6.48. The predicted octanol–water partition coefficient (Wildman–Crippen LogP) is 0.876. The normalized spacial score (nSPS) is 17.6. The molecule has 0 fully saturated rings. The average molecular weight is 141 g/mol. The predicted molar refractivity (Wildman–Crippen MR) is 41.6 cm³/mol. The zero-order chi connectivity index (χ0) is 7.56. The van der Waals surface area contributed by atoms with Gasteiger partial charge < -0.3 is 10.9 Å². The topological polar surface area (TPSA) is 36.1 Å². The van der Waals surface area contributed by atoms with E-state index in [0.29, 0.717) is 5.92 Å². The second kappa shape index (κ2) is 2.92. The quantitative estimate of drug-likeness (QED) is 0.534. The van der Waals surface area contributed by atoms with E-state index < -0.39 is 0 Å². The molecule has 0 spiro atoms. The van der Waals surface area contributed by atoms with Crippen molar-refractivity contribution in [1.82, 2.24) is 16.4 Å². The van der Waals surface area contributed by atoms with Crippen molar-refractivity contribution in [2.24, 2.45) is 5.92 Å². The SMILES string of the molecule is CC1=C(CC(C)C)NNN1. The summed E-state index contributed by atoms with van der Waals surface area (Å²) in [4.78, 5) is 0. The summed E-state index contributed by atoms with van der Waals surface area (Å²) in [5, 5.41) is 0. The Kier molecular flexibility index (Phi) is 2.17. The van der Waals surface area contributed by atoms with Gasteiger partial charge in [-0.2, -0.15) is 5.53 Å². The third-order valence-corrected chi connectivity index (χ3v) is 1.53. The lowest BCUT2D eigenvalue weighted by atomic mass is 10.1. The Hall–Kier alpha value is -0.700. The largest absolute Gasteiger partial charge is 0.307 e. The minimum absolute atomic E-state index is 0.708. The Morgan fingerprint density at radius 1 is 1.30 bits per heavy atom. The first-order valence-corrected chi connectivity index (χ1v) is 3.67. The molecule has 0 aliphatic carbocycles. The highest BCUT2D eigenvalue weighted by Crippen LogP contribution is 2.11. The third-order valence-electron chi connectivity index (χ3n) is 1.53. The molecule has 0 saturated heterocycles. The molecule has 0 atom stereocenters. The molecule has 58 valence electrons. The summed E-state index contributed by atoms with van der Waals surface area (Å²) >= 11 is 0. The second-order valence-corrected chi connectivity index (χ2v) is 3.08. The van der Waals surface area contributed by atoms with Crippen LogP contribution < -0.4 is 16.4 Å². The molecule has 1 heterocycles. The van der Waals surface area contributed by atoms with Crippen LogP contribution in [0.5, 0.6) is 0 Å². The van der Waals surface area contributed by atoms with Crippen LogP contribution in [0.4, 0.5) is 0 Å². The van der Waals surface area contributed by atoms with E-state index >= 15 is 0 Å². The Morgan fingerprint density at radius 3 is 2.40 bits per heavy atom. The van der Waals surface area contributed by atoms with Gasteiger partial charge in [0, 0.05) is 11.4 Å². The van der Waals surface area contributed by atoms with Crippen LogP contribution in [0, 0.1) is 5.92 Å². The molecular formula is C7H15N3. The van der Waals surface area contributed by atoms with E-state index in [1.165, 1.54) is 11.4 Å². The van der Waals surface area contributed by atoms with Crippen LogP contribution in [0.2, 0.25) is 0 Å². The summed E-state index contributed by atoms with van der Waals surface area (Å²) < 4.78 is 0.